The molecular formula is C23H22O7. The molecule has 0 saturated heterocycles. The van der Waals surface area contributed by atoms with Crippen LogP contribution in [0.5, 0.6) is 11.5 Å². The number of esters is 2. The zero-order valence-electron chi connectivity index (χ0n) is 16.8. The first-order valence-electron chi connectivity index (χ1n) is 9.61. The molecule has 156 valence electrons. The van der Waals surface area contributed by atoms with E-state index in [-0.39, 0.29) is 29.9 Å². The lowest BCUT2D eigenvalue weighted by atomic mass is 10.2. The van der Waals surface area contributed by atoms with Gasteiger partial charge in [-0.25, -0.2) is 9.59 Å². The standard InChI is InChI=1S/C23H22O7/c1-3-27-22(25)19-13-16-8-11-18(14-20(16)30-23(19)26)29-21(24)5-4-12-28-17-9-6-15(2)7-10-17/h6-11,13-14H,3-5,12H2,1-2H3. The van der Waals surface area contributed by atoms with E-state index >= 15 is 0 Å². The average molecular weight is 410 g/mol. The maximum absolute atomic E-state index is 12.1. The van der Waals surface area contributed by atoms with Crippen molar-refractivity contribution < 1.29 is 28.2 Å². The average Bonchev–Trinajstić information content (AvgIpc) is 2.72. The van der Waals surface area contributed by atoms with E-state index in [2.05, 4.69) is 0 Å². The van der Waals surface area contributed by atoms with Gasteiger partial charge in [-0.3, -0.25) is 4.79 Å². The van der Waals surface area contributed by atoms with Gasteiger partial charge in [0.05, 0.1) is 13.2 Å². The van der Waals surface area contributed by atoms with Gasteiger partial charge in [0.15, 0.2) is 0 Å². The molecule has 0 aliphatic heterocycles. The molecule has 3 aromatic rings. The van der Waals surface area contributed by atoms with Crippen molar-refractivity contribution in [3.05, 3.63) is 70.1 Å². The Labute approximate surface area is 173 Å². The van der Waals surface area contributed by atoms with Crippen LogP contribution >= 0.6 is 0 Å². The first kappa shape index (κ1) is 21.1. The molecule has 0 saturated carbocycles. The van der Waals surface area contributed by atoms with Gasteiger partial charge in [-0.2, -0.15) is 0 Å². The van der Waals surface area contributed by atoms with E-state index in [0.717, 1.165) is 11.3 Å². The lowest BCUT2D eigenvalue weighted by Gasteiger charge is -2.07. The summed E-state index contributed by atoms with van der Waals surface area (Å²) in [5, 5.41) is 0.518. The van der Waals surface area contributed by atoms with E-state index in [0.29, 0.717) is 18.4 Å². The number of hydrogen-bond donors (Lipinski definition) is 0. The lowest BCUT2D eigenvalue weighted by Crippen LogP contribution is -2.16. The van der Waals surface area contributed by atoms with Gasteiger partial charge in [0, 0.05) is 17.9 Å². The minimum absolute atomic E-state index is 0.154. The number of ether oxygens (including phenoxy) is 3. The van der Waals surface area contributed by atoms with Crippen LogP contribution in [0, 0.1) is 6.92 Å². The Kier molecular flexibility index (Phi) is 6.85. The van der Waals surface area contributed by atoms with Crippen LogP contribution in [0.2, 0.25) is 0 Å². The van der Waals surface area contributed by atoms with E-state index < -0.39 is 17.6 Å². The summed E-state index contributed by atoms with van der Waals surface area (Å²) in [6, 6.07) is 13.7. The number of aryl methyl sites for hydroxylation is 1. The minimum atomic E-state index is -0.808. The van der Waals surface area contributed by atoms with Crippen LogP contribution in [0.4, 0.5) is 0 Å². The normalized spacial score (nSPS) is 10.6. The van der Waals surface area contributed by atoms with Crippen molar-refractivity contribution in [2.45, 2.75) is 26.7 Å². The third kappa shape index (κ3) is 5.47. The fourth-order valence-corrected chi connectivity index (χ4v) is 2.73. The zero-order valence-corrected chi connectivity index (χ0v) is 16.8. The van der Waals surface area contributed by atoms with Crippen molar-refractivity contribution in [3.8, 4) is 11.5 Å². The molecule has 0 bridgehead atoms. The number of fused-ring (bicyclic) bond motifs is 1. The Hall–Kier alpha value is -3.61. The Morgan fingerprint density at radius 3 is 2.47 bits per heavy atom. The molecule has 0 aliphatic carbocycles. The Bertz CT molecular complexity index is 1100. The summed E-state index contributed by atoms with van der Waals surface area (Å²) in [7, 11) is 0. The molecule has 0 atom stereocenters. The Morgan fingerprint density at radius 1 is 1.00 bits per heavy atom. The molecule has 1 aromatic heterocycles. The third-order valence-electron chi connectivity index (χ3n) is 4.25. The van der Waals surface area contributed by atoms with Crippen LogP contribution in [0.25, 0.3) is 11.0 Å². The molecule has 0 amide bonds. The summed E-state index contributed by atoms with van der Waals surface area (Å²) in [6.45, 7) is 4.19. The highest BCUT2D eigenvalue weighted by molar-refractivity contribution is 5.93. The van der Waals surface area contributed by atoms with Crippen LogP contribution in [-0.2, 0) is 9.53 Å². The van der Waals surface area contributed by atoms with Crippen molar-refractivity contribution in [2.75, 3.05) is 13.2 Å². The van der Waals surface area contributed by atoms with E-state index in [1.165, 1.54) is 12.1 Å². The van der Waals surface area contributed by atoms with Gasteiger partial charge in [-0.15, -0.1) is 0 Å². The highest BCUT2D eigenvalue weighted by Crippen LogP contribution is 2.21. The van der Waals surface area contributed by atoms with Gasteiger partial charge in [-0.1, -0.05) is 17.7 Å². The molecule has 7 heteroatoms. The van der Waals surface area contributed by atoms with Gasteiger partial charge >= 0.3 is 17.6 Å². The van der Waals surface area contributed by atoms with Gasteiger partial charge in [-0.05, 0) is 50.6 Å². The summed E-state index contributed by atoms with van der Waals surface area (Å²) in [5.41, 5.74) is 0.371. The number of hydrogen-bond acceptors (Lipinski definition) is 7. The maximum atomic E-state index is 12.1. The number of carbonyl (C=O) groups is 2. The summed E-state index contributed by atoms with van der Waals surface area (Å²) in [5.74, 6) is -0.163. The van der Waals surface area contributed by atoms with Crippen molar-refractivity contribution in [1.29, 1.82) is 0 Å². The smallest absolute Gasteiger partial charge is 0.351 e. The van der Waals surface area contributed by atoms with Crippen molar-refractivity contribution in [3.63, 3.8) is 0 Å². The first-order chi connectivity index (χ1) is 14.5. The second-order valence-corrected chi connectivity index (χ2v) is 6.61. The van der Waals surface area contributed by atoms with Crippen LogP contribution in [0.15, 0.2) is 57.7 Å². The molecule has 2 aromatic carbocycles. The molecule has 1 heterocycles. The minimum Gasteiger partial charge on any atom is -0.494 e. The van der Waals surface area contributed by atoms with Crippen molar-refractivity contribution in [1.82, 2.24) is 0 Å². The predicted molar refractivity (Wildman–Crippen MR) is 110 cm³/mol. The lowest BCUT2D eigenvalue weighted by molar-refractivity contribution is -0.134. The van der Waals surface area contributed by atoms with Crippen LogP contribution in [0.3, 0.4) is 0 Å². The monoisotopic (exact) mass is 410 g/mol. The molecule has 7 nitrogen and oxygen atoms in total. The summed E-state index contributed by atoms with van der Waals surface area (Å²) >= 11 is 0. The maximum Gasteiger partial charge on any atom is 0.351 e. The molecule has 0 unspecified atom stereocenters. The molecule has 3 rings (SSSR count). The third-order valence-corrected chi connectivity index (χ3v) is 4.25. The second-order valence-electron chi connectivity index (χ2n) is 6.61. The van der Waals surface area contributed by atoms with E-state index in [4.69, 9.17) is 18.6 Å². The number of benzene rings is 2. The van der Waals surface area contributed by atoms with Gasteiger partial charge < -0.3 is 18.6 Å². The first-order valence-corrected chi connectivity index (χ1v) is 9.61. The second kappa shape index (κ2) is 9.73. The number of rotatable bonds is 8. The molecule has 0 fully saturated rings. The van der Waals surface area contributed by atoms with E-state index in [1.807, 2.05) is 31.2 Å². The molecule has 0 N–H and O–H groups in total. The predicted octanol–water partition coefficient (Wildman–Crippen LogP) is 4.04. The highest BCUT2D eigenvalue weighted by atomic mass is 16.5. The van der Waals surface area contributed by atoms with Crippen LogP contribution in [-0.4, -0.2) is 25.2 Å². The van der Waals surface area contributed by atoms with Crippen molar-refractivity contribution >= 4 is 22.9 Å². The van der Waals surface area contributed by atoms with Crippen LogP contribution in [0.1, 0.15) is 35.7 Å². The Morgan fingerprint density at radius 2 is 1.73 bits per heavy atom. The zero-order chi connectivity index (χ0) is 21.5. The molecule has 0 spiro atoms. The summed E-state index contributed by atoms with van der Waals surface area (Å²) in [4.78, 5) is 35.8. The SMILES string of the molecule is CCOC(=O)c1cc2ccc(OC(=O)CCCOc3ccc(C)cc3)cc2oc1=O. The van der Waals surface area contributed by atoms with E-state index in [9.17, 15) is 14.4 Å². The number of carbonyl (C=O) groups excluding carboxylic acids is 2. The summed E-state index contributed by atoms with van der Waals surface area (Å²) < 4.78 is 20.9. The Balaban J connectivity index is 1.56. The molecular weight excluding hydrogens is 388 g/mol. The van der Waals surface area contributed by atoms with Crippen molar-refractivity contribution in [2.24, 2.45) is 0 Å². The molecule has 30 heavy (non-hydrogen) atoms. The molecule has 0 radical (unpaired) electrons. The van der Waals surface area contributed by atoms with Gasteiger partial charge in [0.1, 0.15) is 22.6 Å². The topological polar surface area (TPSA) is 92.0 Å². The highest BCUT2D eigenvalue weighted by Gasteiger charge is 2.15. The van der Waals surface area contributed by atoms with Gasteiger partial charge in [0.2, 0.25) is 0 Å². The van der Waals surface area contributed by atoms with Crippen LogP contribution < -0.4 is 15.1 Å². The summed E-state index contributed by atoms with van der Waals surface area (Å²) in [6.07, 6.45) is 0.675. The van der Waals surface area contributed by atoms with E-state index in [1.54, 1.807) is 19.1 Å². The molecule has 0 aliphatic rings. The quantitative estimate of drug-likeness (QED) is 0.239. The largest absolute Gasteiger partial charge is 0.494 e. The fourth-order valence-electron chi connectivity index (χ4n) is 2.73. The fraction of sp³-hybridized carbons (Fsp3) is 0.261. The van der Waals surface area contributed by atoms with Gasteiger partial charge in [0.25, 0.3) is 0 Å².